The van der Waals surface area contributed by atoms with E-state index in [1.165, 1.54) is 11.1 Å². The van der Waals surface area contributed by atoms with Crippen LogP contribution < -0.4 is 4.90 Å². The Morgan fingerprint density at radius 3 is 2.09 bits per heavy atom. The average molecular weight is 295 g/mol. The molecule has 0 aromatic heterocycles. The zero-order valence-corrected chi connectivity index (χ0v) is 14.0. The number of aryl methyl sites for hydroxylation is 1. The number of hydrogen-bond acceptors (Lipinski definition) is 1. The average Bonchev–Trinajstić information content (AvgIpc) is 2.52. The second-order valence-electron chi connectivity index (χ2n) is 6.74. The third kappa shape index (κ3) is 4.20. The van der Waals surface area contributed by atoms with E-state index in [1.807, 2.05) is 37.4 Å². The van der Waals surface area contributed by atoms with Gasteiger partial charge in [0, 0.05) is 19.2 Å². The van der Waals surface area contributed by atoms with E-state index in [-0.39, 0.29) is 11.3 Å². The maximum atomic E-state index is 12.3. The van der Waals surface area contributed by atoms with Crippen molar-refractivity contribution in [2.45, 2.75) is 39.0 Å². The van der Waals surface area contributed by atoms with E-state index in [4.69, 9.17) is 0 Å². The molecular formula is C20H25NO. The lowest BCUT2D eigenvalue weighted by molar-refractivity contribution is -0.118. The van der Waals surface area contributed by atoms with E-state index in [2.05, 4.69) is 45.0 Å². The van der Waals surface area contributed by atoms with Gasteiger partial charge in [-0.05, 0) is 35.1 Å². The lowest BCUT2D eigenvalue weighted by Gasteiger charge is -2.19. The van der Waals surface area contributed by atoms with Crippen LogP contribution in [-0.4, -0.2) is 13.0 Å². The lowest BCUT2D eigenvalue weighted by Crippen LogP contribution is -2.26. The van der Waals surface area contributed by atoms with E-state index < -0.39 is 0 Å². The molecule has 2 aromatic carbocycles. The van der Waals surface area contributed by atoms with E-state index in [1.54, 1.807) is 4.90 Å². The van der Waals surface area contributed by atoms with Gasteiger partial charge in [0.05, 0.1) is 0 Å². The van der Waals surface area contributed by atoms with Crippen LogP contribution in [0.4, 0.5) is 5.69 Å². The third-order valence-electron chi connectivity index (χ3n) is 3.97. The number of carbonyl (C=O) groups excluding carboxylic acids is 1. The molecule has 1 amide bonds. The minimum absolute atomic E-state index is 0.145. The first kappa shape index (κ1) is 16.3. The molecule has 2 heteroatoms. The summed E-state index contributed by atoms with van der Waals surface area (Å²) in [6.45, 7) is 6.63. The largest absolute Gasteiger partial charge is 0.315 e. The smallest absolute Gasteiger partial charge is 0.227 e. The molecule has 0 N–H and O–H groups in total. The SMILES string of the molecule is CN(C(=O)CCc1ccc(C(C)(C)C)cc1)c1ccccc1. The van der Waals surface area contributed by atoms with Crippen molar-refractivity contribution >= 4 is 11.6 Å². The third-order valence-corrected chi connectivity index (χ3v) is 3.97. The Hall–Kier alpha value is -2.09. The van der Waals surface area contributed by atoms with Gasteiger partial charge in [-0.25, -0.2) is 0 Å². The number of amides is 1. The molecule has 0 bridgehead atoms. The van der Waals surface area contributed by atoms with Crippen molar-refractivity contribution in [3.63, 3.8) is 0 Å². The Labute approximate surface area is 133 Å². The van der Waals surface area contributed by atoms with Gasteiger partial charge >= 0.3 is 0 Å². The van der Waals surface area contributed by atoms with Gasteiger partial charge in [-0.1, -0.05) is 63.2 Å². The fourth-order valence-corrected chi connectivity index (χ4v) is 2.39. The van der Waals surface area contributed by atoms with E-state index in [0.717, 1.165) is 12.1 Å². The first-order chi connectivity index (χ1) is 10.4. The van der Waals surface area contributed by atoms with Crippen LogP contribution >= 0.6 is 0 Å². The van der Waals surface area contributed by atoms with Crippen LogP contribution in [0.25, 0.3) is 0 Å². The summed E-state index contributed by atoms with van der Waals surface area (Å²) in [5, 5.41) is 0. The normalized spacial score (nSPS) is 11.3. The maximum absolute atomic E-state index is 12.3. The zero-order chi connectivity index (χ0) is 16.2. The van der Waals surface area contributed by atoms with Crippen LogP contribution in [0.2, 0.25) is 0 Å². The summed E-state index contributed by atoms with van der Waals surface area (Å²) in [4.78, 5) is 14.0. The zero-order valence-electron chi connectivity index (χ0n) is 14.0. The van der Waals surface area contributed by atoms with Crippen molar-refractivity contribution in [2.75, 3.05) is 11.9 Å². The predicted octanol–water partition coefficient (Wildman–Crippen LogP) is 4.58. The predicted molar refractivity (Wildman–Crippen MR) is 93.3 cm³/mol. The molecule has 0 atom stereocenters. The van der Waals surface area contributed by atoms with Gasteiger partial charge in [-0.15, -0.1) is 0 Å². The molecule has 0 saturated carbocycles. The van der Waals surface area contributed by atoms with E-state index >= 15 is 0 Å². The summed E-state index contributed by atoms with van der Waals surface area (Å²) in [6, 6.07) is 18.4. The van der Waals surface area contributed by atoms with Gasteiger partial charge in [0.25, 0.3) is 0 Å². The van der Waals surface area contributed by atoms with E-state index in [0.29, 0.717) is 6.42 Å². The number of hydrogen-bond donors (Lipinski definition) is 0. The number of nitrogens with zero attached hydrogens (tertiary/aromatic N) is 1. The summed E-state index contributed by atoms with van der Waals surface area (Å²) in [7, 11) is 1.83. The Bertz CT molecular complexity index is 608. The molecule has 2 aromatic rings. The van der Waals surface area contributed by atoms with Gasteiger partial charge in [-0.3, -0.25) is 4.79 Å². The second kappa shape index (κ2) is 6.78. The molecule has 0 heterocycles. The Kier molecular flexibility index (Phi) is 5.02. The van der Waals surface area contributed by atoms with Crippen molar-refractivity contribution in [1.82, 2.24) is 0 Å². The minimum Gasteiger partial charge on any atom is -0.315 e. The summed E-state index contributed by atoms with van der Waals surface area (Å²) in [5.74, 6) is 0.145. The van der Waals surface area contributed by atoms with Crippen LogP contribution in [0.15, 0.2) is 54.6 Å². The second-order valence-corrected chi connectivity index (χ2v) is 6.74. The lowest BCUT2D eigenvalue weighted by atomic mass is 9.86. The van der Waals surface area contributed by atoms with Gasteiger partial charge in [-0.2, -0.15) is 0 Å². The molecule has 0 aliphatic carbocycles. The molecule has 0 radical (unpaired) electrons. The molecule has 116 valence electrons. The van der Waals surface area contributed by atoms with Gasteiger partial charge in [0.2, 0.25) is 5.91 Å². The summed E-state index contributed by atoms with van der Waals surface area (Å²) >= 11 is 0. The molecule has 0 aliphatic rings. The summed E-state index contributed by atoms with van der Waals surface area (Å²) < 4.78 is 0. The molecule has 0 saturated heterocycles. The highest BCUT2D eigenvalue weighted by atomic mass is 16.2. The topological polar surface area (TPSA) is 20.3 Å². The number of benzene rings is 2. The first-order valence-electron chi connectivity index (χ1n) is 7.79. The number of rotatable bonds is 4. The fraction of sp³-hybridized carbons (Fsp3) is 0.350. The first-order valence-corrected chi connectivity index (χ1v) is 7.79. The Balaban J connectivity index is 1.94. The molecule has 2 nitrogen and oxygen atoms in total. The van der Waals surface area contributed by atoms with Crippen molar-refractivity contribution in [2.24, 2.45) is 0 Å². The van der Waals surface area contributed by atoms with Crippen LogP contribution in [0.1, 0.15) is 38.3 Å². The summed E-state index contributed by atoms with van der Waals surface area (Å²) in [5.41, 5.74) is 3.64. The molecule has 0 unspecified atom stereocenters. The summed E-state index contributed by atoms with van der Waals surface area (Å²) in [6.07, 6.45) is 1.31. The van der Waals surface area contributed by atoms with Crippen molar-refractivity contribution in [1.29, 1.82) is 0 Å². The molecular weight excluding hydrogens is 270 g/mol. The Morgan fingerprint density at radius 2 is 1.55 bits per heavy atom. The van der Waals surface area contributed by atoms with Crippen molar-refractivity contribution in [3.8, 4) is 0 Å². The molecule has 0 aliphatic heterocycles. The Morgan fingerprint density at radius 1 is 0.955 bits per heavy atom. The van der Waals surface area contributed by atoms with Gasteiger partial charge < -0.3 is 4.90 Å². The highest BCUT2D eigenvalue weighted by Crippen LogP contribution is 2.22. The number of anilines is 1. The van der Waals surface area contributed by atoms with Gasteiger partial charge in [0.15, 0.2) is 0 Å². The maximum Gasteiger partial charge on any atom is 0.227 e. The molecule has 0 spiro atoms. The van der Waals surface area contributed by atoms with Crippen molar-refractivity contribution in [3.05, 3.63) is 65.7 Å². The highest BCUT2D eigenvalue weighted by molar-refractivity contribution is 5.92. The van der Waals surface area contributed by atoms with Crippen LogP contribution in [0.5, 0.6) is 0 Å². The quantitative estimate of drug-likeness (QED) is 0.808. The standard InChI is InChI=1S/C20H25NO/c1-20(2,3)17-13-10-16(11-14-17)12-15-19(22)21(4)18-8-6-5-7-9-18/h5-11,13-14H,12,15H2,1-4H3. The number of para-hydroxylation sites is 1. The van der Waals surface area contributed by atoms with Gasteiger partial charge in [0.1, 0.15) is 0 Å². The van der Waals surface area contributed by atoms with Crippen LogP contribution in [-0.2, 0) is 16.6 Å². The molecule has 0 fully saturated rings. The molecule has 22 heavy (non-hydrogen) atoms. The molecule has 2 rings (SSSR count). The minimum atomic E-state index is 0.145. The monoisotopic (exact) mass is 295 g/mol. The number of carbonyl (C=O) groups is 1. The van der Waals surface area contributed by atoms with Crippen LogP contribution in [0, 0.1) is 0 Å². The van der Waals surface area contributed by atoms with E-state index in [9.17, 15) is 4.79 Å². The van der Waals surface area contributed by atoms with Crippen molar-refractivity contribution < 1.29 is 4.79 Å². The highest BCUT2D eigenvalue weighted by Gasteiger charge is 2.14. The van der Waals surface area contributed by atoms with Crippen LogP contribution in [0.3, 0.4) is 0 Å². The fourth-order valence-electron chi connectivity index (χ4n) is 2.39.